The zero-order chi connectivity index (χ0) is 12.5. The van der Waals surface area contributed by atoms with Gasteiger partial charge in [-0.2, -0.15) is 4.98 Å². The highest BCUT2D eigenvalue weighted by molar-refractivity contribution is 5.54. The summed E-state index contributed by atoms with van der Waals surface area (Å²) in [5, 5.41) is 4.01. The molecule has 1 aromatic carbocycles. The monoisotopic (exact) mass is 230 g/mol. The molecule has 0 aliphatic carbocycles. The molecule has 3 nitrogen and oxygen atoms in total. The van der Waals surface area contributed by atoms with E-state index in [-0.39, 0.29) is 5.41 Å². The van der Waals surface area contributed by atoms with E-state index in [9.17, 15) is 0 Å². The van der Waals surface area contributed by atoms with Gasteiger partial charge in [0.25, 0.3) is 0 Å². The molecule has 1 aromatic heterocycles. The maximum atomic E-state index is 5.26. The van der Waals surface area contributed by atoms with Gasteiger partial charge in [-0.05, 0) is 12.3 Å². The van der Waals surface area contributed by atoms with Crippen molar-refractivity contribution in [1.82, 2.24) is 10.1 Å². The Labute approximate surface area is 102 Å². The van der Waals surface area contributed by atoms with Crippen LogP contribution >= 0.6 is 0 Å². The predicted octanol–water partition coefficient (Wildman–Crippen LogP) is 3.63. The Bertz CT molecular complexity index is 492. The molecule has 90 valence electrons. The fourth-order valence-electron chi connectivity index (χ4n) is 1.60. The number of nitrogens with zero attached hydrogens (tertiary/aromatic N) is 2. The quantitative estimate of drug-likeness (QED) is 0.790. The zero-order valence-corrected chi connectivity index (χ0v) is 10.8. The Hall–Kier alpha value is -1.64. The summed E-state index contributed by atoms with van der Waals surface area (Å²) in [5.41, 5.74) is 2.39. The molecule has 2 rings (SSSR count). The standard InChI is InChI=1S/C14H18N2O/c1-10-5-7-11(8-6-10)13-15-12(17-16-13)9-14(2,3)4/h5-8H,9H2,1-4H3. The summed E-state index contributed by atoms with van der Waals surface area (Å²) < 4.78 is 5.26. The summed E-state index contributed by atoms with van der Waals surface area (Å²) in [7, 11) is 0. The third kappa shape index (κ3) is 3.16. The van der Waals surface area contributed by atoms with Gasteiger partial charge in [-0.25, -0.2) is 0 Å². The van der Waals surface area contributed by atoms with Crippen molar-refractivity contribution >= 4 is 0 Å². The van der Waals surface area contributed by atoms with Gasteiger partial charge in [-0.1, -0.05) is 55.8 Å². The van der Waals surface area contributed by atoms with Gasteiger partial charge in [-0.15, -0.1) is 0 Å². The lowest BCUT2D eigenvalue weighted by Gasteiger charge is -2.13. The molecule has 0 unspecified atom stereocenters. The Balaban J connectivity index is 2.21. The van der Waals surface area contributed by atoms with Gasteiger partial charge in [0, 0.05) is 12.0 Å². The highest BCUT2D eigenvalue weighted by atomic mass is 16.5. The molecule has 0 saturated heterocycles. The van der Waals surface area contributed by atoms with Crippen LogP contribution in [-0.4, -0.2) is 10.1 Å². The first-order valence-electron chi connectivity index (χ1n) is 5.84. The summed E-state index contributed by atoms with van der Waals surface area (Å²) >= 11 is 0. The van der Waals surface area contributed by atoms with Crippen LogP contribution in [0.25, 0.3) is 11.4 Å². The first-order chi connectivity index (χ1) is 7.94. The van der Waals surface area contributed by atoms with E-state index in [2.05, 4.69) is 50.0 Å². The summed E-state index contributed by atoms with van der Waals surface area (Å²) in [5.74, 6) is 1.37. The number of hydrogen-bond acceptors (Lipinski definition) is 3. The van der Waals surface area contributed by atoms with Crippen molar-refractivity contribution in [3.8, 4) is 11.4 Å². The van der Waals surface area contributed by atoms with E-state index in [1.807, 2.05) is 12.1 Å². The van der Waals surface area contributed by atoms with Crippen LogP contribution in [0, 0.1) is 12.3 Å². The van der Waals surface area contributed by atoms with Crippen molar-refractivity contribution in [2.75, 3.05) is 0 Å². The van der Waals surface area contributed by atoms with Crippen LogP contribution in [0.4, 0.5) is 0 Å². The van der Waals surface area contributed by atoms with Gasteiger partial charge in [0.05, 0.1) is 0 Å². The van der Waals surface area contributed by atoms with Gasteiger partial charge in [0.1, 0.15) is 0 Å². The van der Waals surface area contributed by atoms with Gasteiger partial charge >= 0.3 is 0 Å². The van der Waals surface area contributed by atoms with Crippen molar-refractivity contribution < 1.29 is 4.52 Å². The Morgan fingerprint density at radius 3 is 2.35 bits per heavy atom. The average molecular weight is 230 g/mol. The maximum Gasteiger partial charge on any atom is 0.227 e. The molecule has 2 aromatic rings. The molecule has 0 spiro atoms. The minimum atomic E-state index is 0.164. The van der Waals surface area contributed by atoms with E-state index in [0.29, 0.717) is 11.7 Å². The van der Waals surface area contributed by atoms with Gasteiger partial charge < -0.3 is 4.52 Å². The molecule has 0 saturated carbocycles. The molecular weight excluding hydrogens is 212 g/mol. The van der Waals surface area contributed by atoms with Gasteiger partial charge in [0.2, 0.25) is 11.7 Å². The van der Waals surface area contributed by atoms with E-state index < -0.39 is 0 Å². The summed E-state index contributed by atoms with van der Waals surface area (Å²) in [4.78, 5) is 4.42. The number of benzene rings is 1. The van der Waals surface area contributed by atoms with Crippen LogP contribution in [0.2, 0.25) is 0 Å². The fourth-order valence-corrected chi connectivity index (χ4v) is 1.60. The van der Waals surface area contributed by atoms with Crippen molar-refractivity contribution in [1.29, 1.82) is 0 Å². The second-order valence-electron chi connectivity index (χ2n) is 5.62. The molecule has 0 aliphatic rings. The molecule has 17 heavy (non-hydrogen) atoms. The van der Waals surface area contributed by atoms with E-state index in [1.54, 1.807) is 0 Å². The second-order valence-corrected chi connectivity index (χ2v) is 5.62. The zero-order valence-electron chi connectivity index (χ0n) is 10.8. The van der Waals surface area contributed by atoms with Crippen molar-refractivity contribution in [2.24, 2.45) is 5.41 Å². The largest absolute Gasteiger partial charge is 0.339 e. The van der Waals surface area contributed by atoms with Crippen LogP contribution < -0.4 is 0 Å². The first kappa shape index (κ1) is 11.8. The summed E-state index contributed by atoms with van der Waals surface area (Å²) in [6, 6.07) is 8.13. The van der Waals surface area contributed by atoms with Crippen LogP contribution in [0.5, 0.6) is 0 Å². The Morgan fingerprint density at radius 2 is 1.76 bits per heavy atom. The minimum Gasteiger partial charge on any atom is -0.339 e. The Kier molecular flexibility index (Phi) is 3.01. The molecule has 0 radical (unpaired) electrons. The number of aryl methyl sites for hydroxylation is 1. The molecule has 0 aliphatic heterocycles. The maximum absolute atomic E-state index is 5.26. The van der Waals surface area contributed by atoms with E-state index in [4.69, 9.17) is 4.52 Å². The van der Waals surface area contributed by atoms with Crippen LogP contribution in [0.3, 0.4) is 0 Å². The van der Waals surface area contributed by atoms with Crippen LogP contribution in [0.1, 0.15) is 32.2 Å². The number of aromatic nitrogens is 2. The molecular formula is C14H18N2O. The lowest BCUT2D eigenvalue weighted by atomic mass is 9.92. The molecule has 0 N–H and O–H groups in total. The fraction of sp³-hybridized carbons (Fsp3) is 0.429. The third-order valence-electron chi connectivity index (χ3n) is 2.46. The lowest BCUT2D eigenvalue weighted by molar-refractivity contribution is 0.314. The highest BCUT2D eigenvalue weighted by Crippen LogP contribution is 2.22. The highest BCUT2D eigenvalue weighted by Gasteiger charge is 2.17. The van der Waals surface area contributed by atoms with Crippen LogP contribution in [0.15, 0.2) is 28.8 Å². The van der Waals surface area contributed by atoms with Gasteiger partial charge in [0.15, 0.2) is 0 Å². The molecule has 0 atom stereocenters. The predicted molar refractivity (Wildman–Crippen MR) is 67.6 cm³/mol. The van der Waals surface area contributed by atoms with Gasteiger partial charge in [-0.3, -0.25) is 0 Å². The molecule has 3 heteroatoms. The molecule has 0 fully saturated rings. The average Bonchev–Trinajstić information content (AvgIpc) is 2.64. The first-order valence-corrected chi connectivity index (χ1v) is 5.84. The van der Waals surface area contributed by atoms with Crippen LogP contribution in [-0.2, 0) is 6.42 Å². The van der Waals surface area contributed by atoms with Crippen molar-refractivity contribution in [3.63, 3.8) is 0 Å². The summed E-state index contributed by atoms with van der Waals surface area (Å²) in [6.45, 7) is 8.53. The van der Waals surface area contributed by atoms with E-state index >= 15 is 0 Å². The topological polar surface area (TPSA) is 38.9 Å². The number of hydrogen-bond donors (Lipinski definition) is 0. The second kappa shape index (κ2) is 4.32. The van der Waals surface area contributed by atoms with Crippen molar-refractivity contribution in [3.05, 3.63) is 35.7 Å². The number of rotatable bonds is 2. The normalized spacial score (nSPS) is 11.8. The third-order valence-corrected chi connectivity index (χ3v) is 2.46. The SMILES string of the molecule is Cc1ccc(-c2noc(CC(C)(C)C)n2)cc1. The van der Waals surface area contributed by atoms with E-state index in [0.717, 1.165) is 12.0 Å². The minimum absolute atomic E-state index is 0.164. The molecule has 1 heterocycles. The molecule has 0 bridgehead atoms. The molecule has 0 amide bonds. The Morgan fingerprint density at radius 1 is 1.12 bits per heavy atom. The smallest absolute Gasteiger partial charge is 0.227 e. The lowest BCUT2D eigenvalue weighted by Crippen LogP contribution is -2.09. The van der Waals surface area contributed by atoms with E-state index in [1.165, 1.54) is 5.56 Å². The summed E-state index contributed by atoms with van der Waals surface area (Å²) in [6.07, 6.45) is 0.797. The van der Waals surface area contributed by atoms with Crippen molar-refractivity contribution in [2.45, 2.75) is 34.1 Å².